The number of hydrogen-bond donors (Lipinski definition) is 1. The van der Waals surface area contributed by atoms with Crippen molar-refractivity contribution in [2.75, 3.05) is 12.3 Å². The minimum atomic E-state index is -3.78. The molecule has 0 saturated carbocycles. The number of nitrogens with zero attached hydrogens (tertiary/aromatic N) is 2. The van der Waals surface area contributed by atoms with Crippen LogP contribution in [0.4, 0.5) is 0 Å². The summed E-state index contributed by atoms with van der Waals surface area (Å²) in [6.07, 6.45) is 7.52. The minimum Gasteiger partial charge on any atom is -0.355 e. The van der Waals surface area contributed by atoms with E-state index in [4.69, 9.17) is 0 Å². The molecule has 7 nitrogen and oxygen atoms in total. The molecule has 0 spiro atoms. The molecule has 1 aliphatic rings. The van der Waals surface area contributed by atoms with Crippen LogP contribution in [0.1, 0.15) is 32.1 Å². The maximum Gasteiger partial charge on any atom is 0.328 e. The molecular weight excluding hydrogens is 366 g/mol. The van der Waals surface area contributed by atoms with Gasteiger partial charge in [0, 0.05) is 20.6 Å². The number of carbonyl (C=O) groups excluding carboxylic acids is 1. The lowest BCUT2D eigenvalue weighted by Gasteiger charge is -2.13. The van der Waals surface area contributed by atoms with Crippen LogP contribution in [0.15, 0.2) is 39.5 Å². The number of amides is 1. The summed E-state index contributed by atoms with van der Waals surface area (Å²) in [5.41, 5.74) is 2.27. The third-order valence-electron chi connectivity index (χ3n) is 5.08. The van der Waals surface area contributed by atoms with Crippen molar-refractivity contribution in [2.45, 2.75) is 37.0 Å². The third kappa shape index (κ3) is 4.16. The largest absolute Gasteiger partial charge is 0.355 e. The van der Waals surface area contributed by atoms with Gasteiger partial charge in [0.2, 0.25) is 5.91 Å². The zero-order valence-electron chi connectivity index (χ0n) is 15.7. The van der Waals surface area contributed by atoms with Gasteiger partial charge in [0.05, 0.1) is 15.9 Å². The Morgan fingerprint density at radius 2 is 1.89 bits per heavy atom. The number of allylic oxidation sites excluding steroid dienone is 1. The number of aromatic nitrogens is 2. The molecule has 0 aliphatic heterocycles. The highest BCUT2D eigenvalue weighted by Gasteiger charge is 2.21. The lowest BCUT2D eigenvalue weighted by molar-refractivity contribution is -0.118. The molecule has 1 aliphatic carbocycles. The van der Waals surface area contributed by atoms with Crippen LogP contribution in [0.2, 0.25) is 0 Å². The third-order valence-corrected chi connectivity index (χ3v) is 6.69. The Balaban J connectivity index is 1.68. The van der Waals surface area contributed by atoms with E-state index in [2.05, 4.69) is 11.4 Å². The predicted octanol–water partition coefficient (Wildman–Crippen LogP) is 1.66. The summed E-state index contributed by atoms with van der Waals surface area (Å²) in [6.45, 7) is 0.451. The second-order valence-electron chi connectivity index (χ2n) is 7.02. The molecule has 0 atom stereocenters. The van der Waals surface area contributed by atoms with E-state index < -0.39 is 21.5 Å². The first kappa shape index (κ1) is 19.4. The molecule has 0 fully saturated rings. The zero-order valence-corrected chi connectivity index (χ0v) is 16.5. The molecule has 27 heavy (non-hydrogen) atoms. The van der Waals surface area contributed by atoms with E-state index in [1.54, 1.807) is 20.2 Å². The number of rotatable bonds is 6. The first-order valence-electron chi connectivity index (χ1n) is 9.12. The maximum absolute atomic E-state index is 12.6. The van der Waals surface area contributed by atoms with Crippen LogP contribution in [0.25, 0.3) is 11.0 Å². The minimum absolute atomic E-state index is 0.0429. The number of aryl methyl sites for hydroxylation is 2. The van der Waals surface area contributed by atoms with Gasteiger partial charge in [-0.2, -0.15) is 0 Å². The Labute approximate surface area is 158 Å². The maximum atomic E-state index is 12.6. The number of nitrogens with one attached hydrogen (secondary N) is 1. The molecule has 1 heterocycles. The fourth-order valence-electron chi connectivity index (χ4n) is 3.48. The highest BCUT2D eigenvalue weighted by atomic mass is 32.2. The summed E-state index contributed by atoms with van der Waals surface area (Å²) >= 11 is 0. The van der Waals surface area contributed by atoms with E-state index in [1.807, 2.05) is 0 Å². The molecule has 1 amide bonds. The Morgan fingerprint density at radius 3 is 2.59 bits per heavy atom. The van der Waals surface area contributed by atoms with E-state index in [1.165, 1.54) is 39.7 Å². The van der Waals surface area contributed by atoms with Crippen LogP contribution in [0.3, 0.4) is 0 Å². The monoisotopic (exact) mass is 391 g/mol. The number of benzene rings is 1. The van der Waals surface area contributed by atoms with E-state index in [-0.39, 0.29) is 10.6 Å². The summed E-state index contributed by atoms with van der Waals surface area (Å²) in [5.74, 6) is -1.10. The van der Waals surface area contributed by atoms with Crippen molar-refractivity contribution in [1.82, 2.24) is 14.5 Å². The van der Waals surface area contributed by atoms with E-state index in [0.29, 0.717) is 17.6 Å². The molecule has 1 N–H and O–H groups in total. The van der Waals surface area contributed by atoms with Gasteiger partial charge in [-0.25, -0.2) is 13.2 Å². The molecular formula is C19H25N3O4S. The van der Waals surface area contributed by atoms with Crippen molar-refractivity contribution in [1.29, 1.82) is 0 Å². The first-order chi connectivity index (χ1) is 12.8. The molecule has 146 valence electrons. The normalized spacial score (nSPS) is 15.0. The number of fused-ring (bicyclic) bond motifs is 1. The van der Waals surface area contributed by atoms with Crippen LogP contribution in [-0.4, -0.2) is 35.8 Å². The van der Waals surface area contributed by atoms with Gasteiger partial charge in [0.15, 0.2) is 9.84 Å². The molecule has 3 rings (SSSR count). The fraction of sp³-hybridized carbons (Fsp3) is 0.474. The van der Waals surface area contributed by atoms with Crippen molar-refractivity contribution in [3.8, 4) is 0 Å². The van der Waals surface area contributed by atoms with Crippen molar-refractivity contribution < 1.29 is 13.2 Å². The quantitative estimate of drug-likeness (QED) is 0.758. The van der Waals surface area contributed by atoms with E-state index >= 15 is 0 Å². The number of carbonyl (C=O) groups is 1. The van der Waals surface area contributed by atoms with E-state index in [9.17, 15) is 18.0 Å². The summed E-state index contributed by atoms with van der Waals surface area (Å²) in [7, 11) is -0.554. The highest BCUT2D eigenvalue weighted by Crippen LogP contribution is 2.20. The number of imidazole rings is 1. The van der Waals surface area contributed by atoms with Crippen molar-refractivity contribution in [3.63, 3.8) is 0 Å². The van der Waals surface area contributed by atoms with Gasteiger partial charge in [-0.3, -0.25) is 13.9 Å². The topological polar surface area (TPSA) is 90.2 Å². The van der Waals surface area contributed by atoms with Gasteiger partial charge in [-0.05, 0) is 50.3 Å². The van der Waals surface area contributed by atoms with Gasteiger partial charge >= 0.3 is 5.69 Å². The van der Waals surface area contributed by atoms with Gasteiger partial charge in [0.1, 0.15) is 5.75 Å². The molecule has 1 aromatic carbocycles. The second kappa shape index (κ2) is 7.72. The smallest absolute Gasteiger partial charge is 0.328 e. The lowest BCUT2D eigenvalue weighted by Crippen LogP contribution is -2.31. The predicted molar refractivity (Wildman–Crippen MR) is 104 cm³/mol. The Bertz CT molecular complexity index is 1060. The molecule has 0 saturated heterocycles. The van der Waals surface area contributed by atoms with Crippen LogP contribution >= 0.6 is 0 Å². The van der Waals surface area contributed by atoms with Gasteiger partial charge in [0.25, 0.3) is 0 Å². The first-order valence-corrected chi connectivity index (χ1v) is 10.8. The molecule has 2 aromatic rings. The highest BCUT2D eigenvalue weighted by molar-refractivity contribution is 7.92. The van der Waals surface area contributed by atoms with Gasteiger partial charge < -0.3 is 5.32 Å². The fourth-order valence-corrected chi connectivity index (χ4v) is 4.66. The van der Waals surface area contributed by atoms with Crippen LogP contribution in [0.5, 0.6) is 0 Å². The Hall–Kier alpha value is -2.35. The molecule has 8 heteroatoms. The molecule has 0 unspecified atom stereocenters. The summed E-state index contributed by atoms with van der Waals surface area (Å²) < 4.78 is 28.0. The van der Waals surface area contributed by atoms with Crippen molar-refractivity contribution in [2.24, 2.45) is 14.1 Å². The zero-order chi connectivity index (χ0) is 19.6. The summed E-state index contributed by atoms with van der Waals surface area (Å²) in [6, 6.07) is 4.49. The van der Waals surface area contributed by atoms with Crippen LogP contribution in [0, 0.1) is 0 Å². The number of hydrogen-bond acceptors (Lipinski definition) is 4. The summed E-state index contributed by atoms with van der Waals surface area (Å²) in [4.78, 5) is 24.1. The van der Waals surface area contributed by atoms with E-state index in [0.717, 1.165) is 19.3 Å². The van der Waals surface area contributed by atoms with Crippen molar-refractivity contribution >= 4 is 26.8 Å². The van der Waals surface area contributed by atoms with Gasteiger partial charge in [-0.15, -0.1) is 0 Å². The molecule has 1 aromatic heterocycles. The van der Waals surface area contributed by atoms with Crippen LogP contribution < -0.4 is 11.0 Å². The summed E-state index contributed by atoms with van der Waals surface area (Å²) in [5, 5.41) is 2.70. The Morgan fingerprint density at radius 1 is 1.15 bits per heavy atom. The van der Waals surface area contributed by atoms with Crippen molar-refractivity contribution in [3.05, 3.63) is 40.3 Å². The molecule has 0 radical (unpaired) electrons. The Kier molecular flexibility index (Phi) is 5.55. The molecule has 0 bridgehead atoms. The van der Waals surface area contributed by atoms with Gasteiger partial charge in [-0.1, -0.05) is 11.6 Å². The lowest BCUT2D eigenvalue weighted by atomic mass is 9.97. The number of sulfone groups is 1. The average molecular weight is 391 g/mol. The average Bonchev–Trinajstić information content (AvgIpc) is 2.86. The second-order valence-corrected chi connectivity index (χ2v) is 9.01. The van der Waals surface area contributed by atoms with Crippen LogP contribution in [-0.2, 0) is 28.7 Å². The standard InChI is InChI=1S/C19H25N3O4S/c1-21-16-9-8-15(12-17(16)22(2)19(21)24)27(25,26)13-18(23)20-11-10-14-6-4-3-5-7-14/h6,8-9,12H,3-5,7,10-11,13H2,1-2H3,(H,20,23). The SMILES string of the molecule is Cn1c(=O)n(C)c2cc(S(=O)(=O)CC(=O)NCCC3=CCCCC3)ccc21.